The first-order valence-corrected chi connectivity index (χ1v) is 10.9. The van der Waals surface area contributed by atoms with Gasteiger partial charge < -0.3 is 9.64 Å². The maximum absolute atomic E-state index is 13.8. The lowest BCUT2D eigenvalue weighted by Crippen LogP contribution is -2.40. The zero-order chi connectivity index (χ0) is 23.4. The molecule has 1 heterocycles. The van der Waals surface area contributed by atoms with E-state index in [1.54, 1.807) is 42.3 Å². The van der Waals surface area contributed by atoms with Gasteiger partial charge in [0, 0.05) is 12.1 Å². The number of anilines is 1. The molecule has 0 radical (unpaired) electrons. The average Bonchev–Trinajstić information content (AvgIpc) is 3.17. The molecule has 4 rings (SSSR count). The number of benzene rings is 3. The SMILES string of the molecule is COc1ccccc1N1CC[C@@](C/C=C/c2ccc(F)cc2)(C(=O)c2ccc(C)cc2)C1=O. The number of carbonyl (C=O) groups excluding carboxylic acids is 2. The average molecular weight is 444 g/mol. The van der Waals surface area contributed by atoms with E-state index in [1.165, 1.54) is 12.1 Å². The minimum Gasteiger partial charge on any atom is -0.495 e. The summed E-state index contributed by atoms with van der Waals surface area (Å²) in [7, 11) is 1.56. The Hall–Kier alpha value is -3.73. The van der Waals surface area contributed by atoms with Crippen LogP contribution in [0.1, 0.15) is 34.3 Å². The molecule has 1 aliphatic heterocycles. The molecule has 3 aromatic carbocycles. The fraction of sp³-hybridized carbons (Fsp3) is 0.214. The number of hydrogen-bond donors (Lipinski definition) is 0. The van der Waals surface area contributed by atoms with Crippen LogP contribution >= 0.6 is 0 Å². The van der Waals surface area contributed by atoms with Crippen molar-refractivity contribution >= 4 is 23.5 Å². The Kier molecular flexibility index (Phi) is 6.40. The third-order valence-corrected chi connectivity index (χ3v) is 6.19. The molecule has 0 N–H and O–H groups in total. The maximum atomic E-state index is 13.8. The van der Waals surface area contributed by atoms with Crippen LogP contribution < -0.4 is 9.64 Å². The number of hydrogen-bond acceptors (Lipinski definition) is 3. The van der Waals surface area contributed by atoms with Crippen molar-refractivity contribution in [3.63, 3.8) is 0 Å². The summed E-state index contributed by atoms with van der Waals surface area (Å²) in [4.78, 5) is 29.2. The Labute approximate surface area is 193 Å². The van der Waals surface area contributed by atoms with Crippen LogP contribution in [0.2, 0.25) is 0 Å². The van der Waals surface area contributed by atoms with Gasteiger partial charge >= 0.3 is 0 Å². The third kappa shape index (κ3) is 4.44. The van der Waals surface area contributed by atoms with Crippen LogP contribution in [0.15, 0.2) is 78.9 Å². The molecule has 0 spiro atoms. The molecule has 0 unspecified atom stereocenters. The number of methoxy groups -OCH3 is 1. The Morgan fingerprint density at radius 2 is 1.76 bits per heavy atom. The van der Waals surface area contributed by atoms with Crippen molar-refractivity contribution in [1.29, 1.82) is 0 Å². The number of para-hydroxylation sites is 2. The van der Waals surface area contributed by atoms with Crippen molar-refractivity contribution in [2.24, 2.45) is 5.41 Å². The lowest BCUT2D eigenvalue weighted by molar-refractivity contribution is -0.123. The lowest BCUT2D eigenvalue weighted by atomic mass is 9.75. The maximum Gasteiger partial charge on any atom is 0.241 e. The summed E-state index contributed by atoms with van der Waals surface area (Å²) in [6.07, 6.45) is 4.30. The number of halogens is 1. The normalized spacial score (nSPS) is 18.2. The van der Waals surface area contributed by atoms with E-state index in [-0.39, 0.29) is 23.9 Å². The van der Waals surface area contributed by atoms with Gasteiger partial charge in [-0.2, -0.15) is 0 Å². The molecule has 5 heteroatoms. The summed E-state index contributed by atoms with van der Waals surface area (Å²) in [6.45, 7) is 2.38. The molecule has 4 nitrogen and oxygen atoms in total. The second-order valence-electron chi connectivity index (χ2n) is 8.31. The first-order chi connectivity index (χ1) is 15.9. The van der Waals surface area contributed by atoms with Gasteiger partial charge in [-0.25, -0.2) is 4.39 Å². The Bertz CT molecular complexity index is 1180. The van der Waals surface area contributed by atoms with Gasteiger partial charge in [0.2, 0.25) is 5.91 Å². The minimum atomic E-state index is -1.22. The van der Waals surface area contributed by atoms with Gasteiger partial charge in [0.1, 0.15) is 17.0 Å². The monoisotopic (exact) mass is 443 g/mol. The number of rotatable bonds is 7. The number of carbonyl (C=O) groups is 2. The van der Waals surface area contributed by atoms with Gasteiger partial charge in [0.15, 0.2) is 5.78 Å². The zero-order valence-electron chi connectivity index (χ0n) is 18.8. The molecule has 1 fully saturated rings. The highest BCUT2D eigenvalue weighted by molar-refractivity contribution is 6.20. The molecule has 0 aliphatic carbocycles. The van der Waals surface area contributed by atoms with Crippen LogP contribution in [0, 0.1) is 18.2 Å². The smallest absolute Gasteiger partial charge is 0.241 e. The van der Waals surface area contributed by atoms with Crippen LogP contribution in [0.25, 0.3) is 6.08 Å². The predicted molar refractivity (Wildman–Crippen MR) is 128 cm³/mol. The van der Waals surface area contributed by atoms with Gasteiger partial charge in [-0.15, -0.1) is 0 Å². The number of nitrogens with zero attached hydrogens (tertiary/aromatic N) is 1. The van der Waals surface area contributed by atoms with Crippen molar-refractivity contribution in [1.82, 2.24) is 0 Å². The molecule has 3 aromatic rings. The van der Waals surface area contributed by atoms with E-state index >= 15 is 0 Å². The molecule has 1 atom stereocenters. The van der Waals surface area contributed by atoms with E-state index in [9.17, 15) is 14.0 Å². The highest BCUT2D eigenvalue weighted by Crippen LogP contribution is 2.43. The molecule has 1 saturated heterocycles. The third-order valence-electron chi connectivity index (χ3n) is 6.19. The van der Waals surface area contributed by atoms with Gasteiger partial charge in [-0.1, -0.05) is 66.2 Å². The van der Waals surface area contributed by atoms with E-state index in [0.29, 0.717) is 30.0 Å². The largest absolute Gasteiger partial charge is 0.495 e. The fourth-order valence-electron chi connectivity index (χ4n) is 4.30. The highest BCUT2D eigenvalue weighted by atomic mass is 19.1. The molecule has 168 valence electrons. The summed E-state index contributed by atoms with van der Waals surface area (Å²) in [5.74, 6) is -0.141. The number of amides is 1. The summed E-state index contributed by atoms with van der Waals surface area (Å²) >= 11 is 0. The number of ketones is 1. The first-order valence-electron chi connectivity index (χ1n) is 10.9. The van der Waals surface area contributed by atoms with Crippen LogP contribution in [0.5, 0.6) is 5.75 Å². The van der Waals surface area contributed by atoms with E-state index in [0.717, 1.165) is 11.1 Å². The van der Waals surface area contributed by atoms with E-state index in [2.05, 4.69) is 0 Å². The number of allylic oxidation sites excluding steroid dienone is 1. The predicted octanol–water partition coefficient (Wildman–Crippen LogP) is 5.85. The summed E-state index contributed by atoms with van der Waals surface area (Å²) in [5.41, 5.74) is 1.82. The molecular weight excluding hydrogens is 417 g/mol. The Balaban J connectivity index is 1.69. The second-order valence-corrected chi connectivity index (χ2v) is 8.31. The van der Waals surface area contributed by atoms with Gasteiger partial charge in [0.25, 0.3) is 0 Å². The Morgan fingerprint density at radius 1 is 1.06 bits per heavy atom. The second kappa shape index (κ2) is 9.41. The van der Waals surface area contributed by atoms with Gasteiger partial charge in [-0.3, -0.25) is 9.59 Å². The van der Waals surface area contributed by atoms with Gasteiger partial charge in [0.05, 0.1) is 12.8 Å². The summed E-state index contributed by atoms with van der Waals surface area (Å²) < 4.78 is 18.7. The summed E-state index contributed by atoms with van der Waals surface area (Å²) in [5, 5.41) is 0. The molecule has 0 bridgehead atoms. The van der Waals surface area contributed by atoms with Gasteiger partial charge in [-0.05, 0) is 49.6 Å². The van der Waals surface area contributed by atoms with E-state index in [1.807, 2.05) is 49.4 Å². The summed E-state index contributed by atoms with van der Waals surface area (Å²) in [6, 6.07) is 20.8. The molecule has 1 aliphatic rings. The first kappa shape index (κ1) is 22.5. The van der Waals surface area contributed by atoms with Crippen molar-refractivity contribution in [3.8, 4) is 5.75 Å². The van der Waals surface area contributed by atoms with Crippen LogP contribution in [-0.2, 0) is 4.79 Å². The van der Waals surface area contributed by atoms with Crippen molar-refractivity contribution in [3.05, 3.63) is 101 Å². The topological polar surface area (TPSA) is 46.6 Å². The molecule has 0 aromatic heterocycles. The highest BCUT2D eigenvalue weighted by Gasteiger charge is 2.52. The molecular formula is C28H26FNO3. The van der Waals surface area contributed by atoms with E-state index in [4.69, 9.17) is 4.74 Å². The molecule has 0 saturated carbocycles. The number of aryl methyl sites for hydroxylation is 1. The molecule has 33 heavy (non-hydrogen) atoms. The fourth-order valence-corrected chi connectivity index (χ4v) is 4.30. The lowest BCUT2D eigenvalue weighted by Gasteiger charge is -2.26. The van der Waals surface area contributed by atoms with Crippen molar-refractivity contribution in [2.75, 3.05) is 18.6 Å². The van der Waals surface area contributed by atoms with Crippen LogP contribution in [-0.4, -0.2) is 25.3 Å². The van der Waals surface area contributed by atoms with E-state index < -0.39 is 5.41 Å². The number of ether oxygens (including phenoxy) is 1. The standard InChI is InChI=1S/C28H26FNO3/c1-20-9-13-22(14-10-20)26(31)28(17-5-6-21-11-15-23(29)16-12-21)18-19-30(27(28)32)24-7-3-4-8-25(24)33-2/h3-16H,17-19H2,1-2H3/b6-5+/t28-/m0/s1. The zero-order valence-corrected chi connectivity index (χ0v) is 18.8. The van der Waals surface area contributed by atoms with Crippen molar-refractivity contribution < 1.29 is 18.7 Å². The van der Waals surface area contributed by atoms with Crippen LogP contribution in [0.3, 0.4) is 0 Å². The number of Topliss-reactive ketones (excluding diaryl/α,β-unsaturated/α-hetero) is 1. The quantitative estimate of drug-likeness (QED) is 0.340. The van der Waals surface area contributed by atoms with Crippen LogP contribution in [0.4, 0.5) is 10.1 Å². The van der Waals surface area contributed by atoms with Crippen molar-refractivity contribution in [2.45, 2.75) is 19.8 Å². The minimum absolute atomic E-state index is 0.186. The Morgan fingerprint density at radius 3 is 2.45 bits per heavy atom. The molecule has 1 amide bonds.